The highest BCUT2D eigenvalue weighted by Gasteiger charge is 2.30. The smallest absolute Gasteiger partial charge is 0.406 e. The molecular weight excluding hydrogens is 309 g/mol. The van der Waals surface area contributed by atoms with Gasteiger partial charge in [-0.05, 0) is 24.3 Å². The number of benzene rings is 1. The normalized spacial score (nSPS) is 11.4. The number of aromatic amines is 2. The van der Waals surface area contributed by atoms with Crippen LogP contribution in [0, 0.1) is 0 Å². The maximum Gasteiger partial charge on any atom is 0.573 e. The summed E-state index contributed by atoms with van der Waals surface area (Å²) in [6.45, 7) is 0. The molecular formula is C12H9F3N2O3S. The second kappa shape index (κ2) is 6.08. The minimum absolute atomic E-state index is 0.304. The monoisotopic (exact) mass is 318 g/mol. The largest absolute Gasteiger partial charge is 0.573 e. The van der Waals surface area contributed by atoms with E-state index < -0.39 is 17.6 Å². The highest BCUT2D eigenvalue weighted by Crippen LogP contribution is 2.27. The van der Waals surface area contributed by atoms with Crippen LogP contribution in [-0.4, -0.2) is 16.3 Å². The van der Waals surface area contributed by atoms with Gasteiger partial charge in [-0.1, -0.05) is 0 Å². The molecule has 2 aromatic rings. The lowest BCUT2D eigenvalue weighted by Gasteiger charge is -2.09. The number of aromatic nitrogens is 2. The molecule has 1 aromatic carbocycles. The maximum atomic E-state index is 12.0. The minimum atomic E-state index is -4.72. The molecule has 0 amide bonds. The molecule has 9 heteroatoms. The fourth-order valence-corrected chi connectivity index (χ4v) is 2.30. The van der Waals surface area contributed by atoms with Gasteiger partial charge in [0.15, 0.2) is 0 Å². The van der Waals surface area contributed by atoms with Crippen molar-refractivity contribution in [3.8, 4) is 5.75 Å². The topological polar surface area (TPSA) is 75.0 Å². The van der Waals surface area contributed by atoms with E-state index in [4.69, 9.17) is 0 Å². The van der Waals surface area contributed by atoms with E-state index in [1.165, 1.54) is 42.1 Å². The molecule has 0 saturated carbocycles. The molecule has 21 heavy (non-hydrogen) atoms. The molecule has 0 unspecified atom stereocenters. The van der Waals surface area contributed by atoms with E-state index in [2.05, 4.69) is 9.72 Å². The summed E-state index contributed by atoms with van der Waals surface area (Å²) < 4.78 is 39.7. The Morgan fingerprint density at radius 3 is 2.33 bits per heavy atom. The first-order valence-electron chi connectivity index (χ1n) is 5.63. The van der Waals surface area contributed by atoms with Crippen LogP contribution in [0.25, 0.3) is 0 Å². The van der Waals surface area contributed by atoms with Gasteiger partial charge in [-0.15, -0.1) is 24.9 Å². The quantitative estimate of drug-likeness (QED) is 0.848. The molecule has 112 valence electrons. The third-order valence-corrected chi connectivity index (χ3v) is 3.33. The van der Waals surface area contributed by atoms with E-state index >= 15 is 0 Å². The van der Waals surface area contributed by atoms with Gasteiger partial charge in [0, 0.05) is 22.4 Å². The van der Waals surface area contributed by atoms with Crippen LogP contribution < -0.4 is 16.0 Å². The van der Waals surface area contributed by atoms with Crippen molar-refractivity contribution in [1.82, 2.24) is 9.97 Å². The Kier molecular flexibility index (Phi) is 4.41. The number of rotatable bonds is 4. The van der Waals surface area contributed by atoms with E-state index in [9.17, 15) is 22.8 Å². The van der Waals surface area contributed by atoms with Crippen molar-refractivity contribution in [2.75, 3.05) is 0 Å². The predicted octanol–water partition coefficient (Wildman–Crippen LogP) is 2.25. The molecule has 2 rings (SSSR count). The first-order chi connectivity index (χ1) is 9.82. The average molecular weight is 318 g/mol. The van der Waals surface area contributed by atoms with Gasteiger partial charge in [-0.3, -0.25) is 9.78 Å². The van der Waals surface area contributed by atoms with Gasteiger partial charge in [0.1, 0.15) is 5.75 Å². The van der Waals surface area contributed by atoms with Crippen LogP contribution in [0.4, 0.5) is 13.2 Å². The fraction of sp³-hybridized carbons (Fsp3) is 0.167. The van der Waals surface area contributed by atoms with Crippen LogP contribution in [0.3, 0.4) is 0 Å². The summed E-state index contributed by atoms with van der Waals surface area (Å²) in [5, 5.41) is 0. The van der Waals surface area contributed by atoms with Crippen molar-refractivity contribution in [2.45, 2.75) is 17.0 Å². The summed E-state index contributed by atoms with van der Waals surface area (Å²) in [6, 6.07) is 6.54. The minimum Gasteiger partial charge on any atom is -0.406 e. The van der Waals surface area contributed by atoms with Gasteiger partial charge in [0.2, 0.25) is 0 Å². The lowest BCUT2D eigenvalue weighted by Crippen LogP contribution is -2.22. The number of thioether (sulfide) groups is 1. The molecule has 0 bridgehead atoms. The third kappa shape index (κ3) is 5.03. The van der Waals surface area contributed by atoms with Gasteiger partial charge in [0.05, 0.1) is 0 Å². The number of ether oxygens (including phenoxy) is 1. The summed E-state index contributed by atoms with van der Waals surface area (Å²) in [4.78, 5) is 27.3. The van der Waals surface area contributed by atoms with E-state index in [1.807, 2.05) is 4.98 Å². The number of hydrogen-bond donors (Lipinski definition) is 2. The van der Waals surface area contributed by atoms with Crippen LogP contribution in [0.2, 0.25) is 0 Å². The van der Waals surface area contributed by atoms with Crippen molar-refractivity contribution in [3.63, 3.8) is 0 Å². The van der Waals surface area contributed by atoms with Crippen molar-refractivity contribution < 1.29 is 17.9 Å². The molecule has 2 N–H and O–H groups in total. The van der Waals surface area contributed by atoms with E-state index in [0.717, 1.165) is 0 Å². The molecule has 0 aliphatic heterocycles. The van der Waals surface area contributed by atoms with Crippen molar-refractivity contribution in [3.05, 3.63) is 56.9 Å². The summed E-state index contributed by atoms with van der Waals surface area (Å²) in [7, 11) is 0. The number of nitrogens with one attached hydrogen (secondary N) is 2. The van der Waals surface area contributed by atoms with Gasteiger partial charge < -0.3 is 9.72 Å². The van der Waals surface area contributed by atoms with Crippen LogP contribution in [0.15, 0.2) is 44.8 Å². The lowest BCUT2D eigenvalue weighted by atomic mass is 10.3. The summed E-state index contributed by atoms with van der Waals surface area (Å²) >= 11 is 1.26. The molecule has 0 atom stereocenters. The molecule has 0 radical (unpaired) electrons. The standard InChI is InChI=1S/C12H9F3N2O3S/c13-12(14,15)20-8-1-3-9(4-2-8)21-6-7-5-10(18)17-11(19)16-7/h1-5H,6H2,(H2,16,17,18,19). The number of halogens is 3. The molecule has 0 fully saturated rings. The SMILES string of the molecule is O=c1cc(CSc2ccc(OC(F)(F)F)cc2)[nH]c(=O)[nH]1. The molecule has 0 spiro atoms. The van der Waals surface area contributed by atoms with E-state index in [1.54, 1.807) is 0 Å². The van der Waals surface area contributed by atoms with Crippen LogP contribution in [-0.2, 0) is 5.75 Å². The Hall–Kier alpha value is -2.16. The van der Waals surface area contributed by atoms with Gasteiger partial charge >= 0.3 is 12.1 Å². The summed E-state index contributed by atoms with van der Waals surface area (Å²) in [6.07, 6.45) is -4.72. The Morgan fingerprint density at radius 1 is 1.10 bits per heavy atom. The first-order valence-corrected chi connectivity index (χ1v) is 6.61. The van der Waals surface area contributed by atoms with Crippen molar-refractivity contribution in [1.29, 1.82) is 0 Å². The highest BCUT2D eigenvalue weighted by atomic mass is 32.2. The van der Waals surface area contributed by atoms with E-state index in [0.29, 0.717) is 16.3 Å². The number of alkyl halides is 3. The molecule has 1 aromatic heterocycles. The van der Waals surface area contributed by atoms with Crippen molar-refractivity contribution >= 4 is 11.8 Å². The lowest BCUT2D eigenvalue weighted by molar-refractivity contribution is -0.274. The molecule has 0 aliphatic carbocycles. The maximum absolute atomic E-state index is 12.0. The van der Waals surface area contributed by atoms with Crippen LogP contribution in [0.5, 0.6) is 5.75 Å². The molecule has 1 heterocycles. The third-order valence-electron chi connectivity index (χ3n) is 2.27. The second-order valence-electron chi connectivity index (χ2n) is 3.92. The fourth-order valence-electron chi connectivity index (χ4n) is 1.50. The highest BCUT2D eigenvalue weighted by molar-refractivity contribution is 7.98. The van der Waals surface area contributed by atoms with Crippen LogP contribution >= 0.6 is 11.8 Å². The number of hydrogen-bond acceptors (Lipinski definition) is 4. The predicted molar refractivity (Wildman–Crippen MR) is 70.4 cm³/mol. The molecule has 0 aliphatic rings. The summed E-state index contributed by atoms with van der Waals surface area (Å²) in [5.74, 6) is -0.00468. The van der Waals surface area contributed by atoms with Gasteiger partial charge in [-0.25, -0.2) is 4.79 Å². The van der Waals surface area contributed by atoms with Gasteiger partial charge in [-0.2, -0.15) is 0 Å². The Labute approximate surface area is 120 Å². The Morgan fingerprint density at radius 2 is 1.76 bits per heavy atom. The summed E-state index contributed by atoms with van der Waals surface area (Å²) in [5.41, 5.74) is -0.695. The molecule has 0 saturated heterocycles. The Balaban J connectivity index is 2.00. The zero-order chi connectivity index (χ0) is 15.5. The zero-order valence-corrected chi connectivity index (χ0v) is 11.2. The first kappa shape index (κ1) is 15.2. The van der Waals surface area contributed by atoms with Gasteiger partial charge in [0.25, 0.3) is 5.56 Å². The number of H-pyrrole nitrogens is 2. The van der Waals surface area contributed by atoms with E-state index in [-0.39, 0.29) is 5.75 Å². The Bertz CT molecular complexity index is 694. The van der Waals surface area contributed by atoms with Crippen LogP contribution in [0.1, 0.15) is 5.69 Å². The average Bonchev–Trinajstić information content (AvgIpc) is 2.35. The second-order valence-corrected chi connectivity index (χ2v) is 4.97. The van der Waals surface area contributed by atoms with Crippen molar-refractivity contribution in [2.24, 2.45) is 0 Å². The molecule has 5 nitrogen and oxygen atoms in total. The zero-order valence-electron chi connectivity index (χ0n) is 10.4.